The maximum absolute atomic E-state index is 7.42. The fourth-order valence-corrected chi connectivity index (χ4v) is 1.45. The molecule has 0 aliphatic heterocycles. The molecular weight excluding hydrogens is 146 g/mol. The molecule has 70 valence electrons. The zero-order chi connectivity index (χ0) is 9.56. The van der Waals surface area contributed by atoms with Crippen LogP contribution in [0.25, 0.3) is 0 Å². The van der Waals surface area contributed by atoms with Crippen molar-refractivity contribution in [3.05, 3.63) is 11.1 Å². The Morgan fingerprint density at radius 1 is 1.17 bits per heavy atom. The molecule has 0 saturated carbocycles. The summed E-state index contributed by atoms with van der Waals surface area (Å²) in [5.41, 5.74) is 3.73. The highest BCUT2D eigenvalue weighted by Crippen LogP contribution is 2.17. The Labute approximate surface area is 76.4 Å². The van der Waals surface area contributed by atoms with E-state index in [1.54, 1.807) is 0 Å². The second kappa shape index (κ2) is 5.99. The Bertz CT molecular complexity index is 177. The lowest BCUT2D eigenvalue weighted by Crippen LogP contribution is -1.95. The minimum atomic E-state index is 0.780. The van der Waals surface area contributed by atoms with Gasteiger partial charge in [0.05, 0.1) is 0 Å². The summed E-state index contributed by atoms with van der Waals surface area (Å²) < 4.78 is 0. The molecule has 1 nitrogen and oxygen atoms in total. The fraction of sp³-hybridized carbons (Fsp3) is 0.727. The van der Waals surface area contributed by atoms with Crippen LogP contribution in [0.2, 0.25) is 0 Å². The van der Waals surface area contributed by atoms with Crippen molar-refractivity contribution >= 4 is 5.71 Å². The maximum atomic E-state index is 7.42. The zero-order valence-corrected chi connectivity index (χ0v) is 8.83. The molecule has 0 heterocycles. The van der Waals surface area contributed by atoms with E-state index in [4.69, 9.17) is 5.41 Å². The minimum Gasteiger partial charge on any atom is -0.310 e. The highest BCUT2D eigenvalue weighted by atomic mass is 14.4. The van der Waals surface area contributed by atoms with Gasteiger partial charge in [-0.25, -0.2) is 0 Å². The molecule has 0 aromatic carbocycles. The predicted molar refractivity (Wildman–Crippen MR) is 55.9 cm³/mol. The van der Waals surface area contributed by atoms with E-state index in [2.05, 4.69) is 20.8 Å². The molecular formula is C11H21N. The molecule has 12 heavy (non-hydrogen) atoms. The third kappa shape index (κ3) is 4.32. The molecule has 0 bridgehead atoms. The average molecular weight is 167 g/mol. The molecule has 0 aliphatic carbocycles. The smallest absolute Gasteiger partial charge is 0.00986 e. The van der Waals surface area contributed by atoms with Crippen LogP contribution in [-0.2, 0) is 0 Å². The van der Waals surface area contributed by atoms with Crippen LogP contribution in [0.4, 0.5) is 0 Å². The van der Waals surface area contributed by atoms with E-state index in [-0.39, 0.29) is 0 Å². The van der Waals surface area contributed by atoms with Crippen LogP contribution >= 0.6 is 0 Å². The Hall–Kier alpha value is -0.590. The van der Waals surface area contributed by atoms with E-state index < -0.39 is 0 Å². The molecule has 0 saturated heterocycles. The highest BCUT2D eigenvalue weighted by Gasteiger charge is 2.00. The molecule has 0 aromatic rings. The standard InChI is InChI=1S/C11H21N/c1-5-7-9(3)11(6-2)8-10(4)12/h12H,5-8H2,1-4H3/b11-9-,12-10?. The van der Waals surface area contributed by atoms with Crippen molar-refractivity contribution in [2.45, 2.75) is 53.4 Å². The van der Waals surface area contributed by atoms with Gasteiger partial charge in [0.15, 0.2) is 0 Å². The zero-order valence-electron chi connectivity index (χ0n) is 8.83. The third-order valence-corrected chi connectivity index (χ3v) is 2.13. The number of hydrogen-bond donors (Lipinski definition) is 1. The largest absolute Gasteiger partial charge is 0.310 e. The number of allylic oxidation sites excluding steroid dienone is 2. The lowest BCUT2D eigenvalue weighted by Gasteiger charge is -2.08. The van der Waals surface area contributed by atoms with Crippen molar-refractivity contribution in [2.24, 2.45) is 0 Å². The van der Waals surface area contributed by atoms with Crippen LogP contribution in [0.1, 0.15) is 53.4 Å². The van der Waals surface area contributed by atoms with Gasteiger partial charge in [-0.15, -0.1) is 0 Å². The third-order valence-electron chi connectivity index (χ3n) is 2.13. The van der Waals surface area contributed by atoms with Crippen molar-refractivity contribution in [1.82, 2.24) is 0 Å². The Kier molecular flexibility index (Phi) is 5.69. The summed E-state index contributed by atoms with van der Waals surface area (Å²) in [5.74, 6) is 0. The Balaban J connectivity index is 4.27. The van der Waals surface area contributed by atoms with Gasteiger partial charge in [0.25, 0.3) is 0 Å². The Morgan fingerprint density at radius 3 is 2.08 bits per heavy atom. The maximum Gasteiger partial charge on any atom is 0.00986 e. The number of hydrogen-bond acceptors (Lipinski definition) is 1. The topological polar surface area (TPSA) is 23.9 Å². The summed E-state index contributed by atoms with van der Waals surface area (Å²) in [7, 11) is 0. The number of nitrogens with one attached hydrogen (secondary N) is 1. The number of rotatable bonds is 5. The van der Waals surface area contributed by atoms with Gasteiger partial charge in [-0.1, -0.05) is 31.4 Å². The first kappa shape index (κ1) is 11.4. The van der Waals surface area contributed by atoms with Crippen LogP contribution in [0.15, 0.2) is 11.1 Å². The normalized spacial score (nSPS) is 12.7. The van der Waals surface area contributed by atoms with E-state index >= 15 is 0 Å². The molecule has 0 atom stereocenters. The molecule has 0 aliphatic rings. The summed E-state index contributed by atoms with van der Waals surface area (Å²) in [4.78, 5) is 0. The van der Waals surface area contributed by atoms with Crippen LogP contribution < -0.4 is 0 Å². The lowest BCUT2D eigenvalue weighted by atomic mass is 9.98. The molecule has 0 unspecified atom stereocenters. The fourth-order valence-electron chi connectivity index (χ4n) is 1.45. The van der Waals surface area contributed by atoms with Gasteiger partial charge in [0.1, 0.15) is 0 Å². The first-order chi connectivity index (χ1) is 5.61. The Morgan fingerprint density at radius 2 is 1.75 bits per heavy atom. The SMILES string of the molecule is CCC/C(C)=C(/CC)CC(C)=N. The van der Waals surface area contributed by atoms with Gasteiger partial charge in [-0.05, 0) is 26.7 Å². The van der Waals surface area contributed by atoms with Crippen LogP contribution in [0.5, 0.6) is 0 Å². The van der Waals surface area contributed by atoms with E-state index in [0.717, 1.165) is 18.6 Å². The van der Waals surface area contributed by atoms with Crippen molar-refractivity contribution in [3.8, 4) is 0 Å². The van der Waals surface area contributed by atoms with Gasteiger partial charge >= 0.3 is 0 Å². The summed E-state index contributed by atoms with van der Waals surface area (Å²) in [6, 6.07) is 0. The molecule has 0 amide bonds. The predicted octanol–water partition coefficient (Wildman–Crippen LogP) is 3.94. The van der Waals surface area contributed by atoms with Crippen LogP contribution in [-0.4, -0.2) is 5.71 Å². The van der Waals surface area contributed by atoms with Crippen molar-refractivity contribution in [3.63, 3.8) is 0 Å². The van der Waals surface area contributed by atoms with Crippen molar-refractivity contribution in [2.75, 3.05) is 0 Å². The first-order valence-corrected chi connectivity index (χ1v) is 4.83. The molecule has 1 heteroatoms. The summed E-state index contributed by atoms with van der Waals surface area (Å²) in [5, 5.41) is 7.42. The van der Waals surface area contributed by atoms with Gasteiger partial charge in [-0.3, -0.25) is 0 Å². The highest BCUT2D eigenvalue weighted by molar-refractivity contribution is 5.81. The van der Waals surface area contributed by atoms with Crippen molar-refractivity contribution < 1.29 is 0 Å². The van der Waals surface area contributed by atoms with Gasteiger partial charge in [-0.2, -0.15) is 0 Å². The van der Waals surface area contributed by atoms with Crippen molar-refractivity contribution in [1.29, 1.82) is 5.41 Å². The van der Waals surface area contributed by atoms with E-state index in [9.17, 15) is 0 Å². The lowest BCUT2D eigenvalue weighted by molar-refractivity contribution is 0.864. The molecule has 0 spiro atoms. The quantitative estimate of drug-likeness (QED) is 0.473. The van der Waals surface area contributed by atoms with Gasteiger partial charge in [0, 0.05) is 12.1 Å². The van der Waals surface area contributed by atoms with E-state index in [1.165, 1.54) is 24.0 Å². The second-order valence-electron chi connectivity index (χ2n) is 3.44. The van der Waals surface area contributed by atoms with Gasteiger partial charge < -0.3 is 5.41 Å². The van der Waals surface area contributed by atoms with E-state index in [1.807, 2.05) is 6.92 Å². The van der Waals surface area contributed by atoms with E-state index in [0.29, 0.717) is 0 Å². The summed E-state index contributed by atoms with van der Waals surface area (Å²) in [6.45, 7) is 8.46. The molecule has 1 N–H and O–H groups in total. The molecule has 0 radical (unpaired) electrons. The average Bonchev–Trinajstić information content (AvgIpc) is 2.00. The first-order valence-electron chi connectivity index (χ1n) is 4.83. The second-order valence-corrected chi connectivity index (χ2v) is 3.44. The molecule has 0 aromatic heterocycles. The monoisotopic (exact) mass is 167 g/mol. The molecule has 0 fully saturated rings. The summed E-state index contributed by atoms with van der Waals surface area (Å²) in [6.07, 6.45) is 4.38. The van der Waals surface area contributed by atoms with Crippen LogP contribution in [0, 0.1) is 5.41 Å². The van der Waals surface area contributed by atoms with Gasteiger partial charge in [0.2, 0.25) is 0 Å². The van der Waals surface area contributed by atoms with Crippen LogP contribution in [0.3, 0.4) is 0 Å². The molecule has 0 rings (SSSR count). The summed E-state index contributed by atoms with van der Waals surface area (Å²) >= 11 is 0. The minimum absolute atomic E-state index is 0.780.